The highest BCUT2D eigenvalue weighted by Crippen LogP contribution is 2.21. The van der Waals surface area contributed by atoms with Crippen LogP contribution in [0.2, 0.25) is 5.02 Å². The summed E-state index contributed by atoms with van der Waals surface area (Å²) in [6.07, 6.45) is 1.63. The van der Waals surface area contributed by atoms with Crippen LogP contribution in [0.3, 0.4) is 0 Å². The van der Waals surface area contributed by atoms with E-state index in [1.807, 2.05) is 31.2 Å². The molecule has 1 aromatic heterocycles. The average molecular weight is 267 g/mol. The third-order valence-corrected chi connectivity index (χ3v) is 3.70. The fourth-order valence-electron chi connectivity index (χ4n) is 1.66. The summed E-state index contributed by atoms with van der Waals surface area (Å²) in [7, 11) is 0. The Labute approximate surface area is 110 Å². The topological polar surface area (TPSA) is 38.9 Å². The monoisotopic (exact) mass is 266 g/mol. The second kappa shape index (κ2) is 5.63. The molecule has 0 saturated heterocycles. The number of nitrogens with zero attached hydrogens (tertiary/aromatic N) is 1. The summed E-state index contributed by atoms with van der Waals surface area (Å²) in [5.74, 6) is 0. The summed E-state index contributed by atoms with van der Waals surface area (Å²) >= 11 is 7.79. The predicted molar refractivity (Wildman–Crippen MR) is 73.7 cm³/mol. The second-order valence-corrected chi connectivity index (χ2v) is 5.53. The van der Waals surface area contributed by atoms with Crippen LogP contribution in [0.25, 0.3) is 0 Å². The van der Waals surface area contributed by atoms with E-state index in [4.69, 9.17) is 17.3 Å². The highest BCUT2D eigenvalue weighted by Gasteiger charge is 2.07. The van der Waals surface area contributed by atoms with Crippen molar-refractivity contribution in [2.75, 3.05) is 0 Å². The number of rotatable bonds is 4. The molecule has 1 atom stereocenters. The number of hydrogen-bond acceptors (Lipinski definition) is 3. The molecule has 2 N–H and O–H groups in total. The third-order valence-electron chi connectivity index (χ3n) is 2.43. The van der Waals surface area contributed by atoms with Crippen molar-refractivity contribution in [3.8, 4) is 0 Å². The van der Waals surface area contributed by atoms with E-state index in [0.717, 1.165) is 34.1 Å². The zero-order chi connectivity index (χ0) is 12.3. The lowest BCUT2D eigenvalue weighted by atomic mass is 10.1. The van der Waals surface area contributed by atoms with Crippen LogP contribution in [0, 0.1) is 0 Å². The van der Waals surface area contributed by atoms with Crippen molar-refractivity contribution in [3.05, 3.63) is 50.9 Å². The van der Waals surface area contributed by atoms with Gasteiger partial charge in [0.25, 0.3) is 0 Å². The average Bonchev–Trinajstić information content (AvgIpc) is 2.68. The van der Waals surface area contributed by atoms with Gasteiger partial charge in [0.15, 0.2) is 0 Å². The van der Waals surface area contributed by atoms with Gasteiger partial charge in [-0.15, -0.1) is 11.3 Å². The van der Waals surface area contributed by atoms with Gasteiger partial charge in [0, 0.05) is 29.3 Å². The molecule has 1 unspecified atom stereocenters. The van der Waals surface area contributed by atoms with Crippen LogP contribution >= 0.6 is 22.9 Å². The van der Waals surface area contributed by atoms with E-state index in [0.29, 0.717) is 0 Å². The molecular weight excluding hydrogens is 252 g/mol. The van der Waals surface area contributed by atoms with Gasteiger partial charge >= 0.3 is 0 Å². The summed E-state index contributed by atoms with van der Waals surface area (Å²) in [5, 5.41) is 3.97. The van der Waals surface area contributed by atoms with Crippen molar-refractivity contribution >= 4 is 22.9 Å². The van der Waals surface area contributed by atoms with Gasteiger partial charge in [-0.3, -0.25) is 0 Å². The minimum absolute atomic E-state index is 0.158. The fraction of sp³-hybridized carbons (Fsp3) is 0.308. The van der Waals surface area contributed by atoms with Gasteiger partial charge < -0.3 is 5.73 Å². The van der Waals surface area contributed by atoms with Gasteiger partial charge in [-0.25, -0.2) is 4.98 Å². The molecule has 0 aliphatic heterocycles. The molecule has 0 radical (unpaired) electrons. The largest absolute Gasteiger partial charge is 0.328 e. The van der Waals surface area contributed by atoms with Crippen LogP contribution in [0.15, 0.2) is 29.6 Å². The molecule has 90 valence electrons. The van der Waals surface area contributed by atoms with Crippen molar-refractivity contribution in [3.63, 3.8) is 0 Å². The molecule has 2 rings (SSSR count). The van der Waals surface area contributed by atoms with Gasteiger partial charge in [0.2, 0.25) is 0 Å². The number of benzene rings is 1. The normalized spacial score (nSPS) is 12.6. The molecule has 0 fully saturated rings. The molecule has 0 spiro atoms. The van der Waals surface area contributed by atoms with Gasteiger partial charge in [-0.05, 0) is 18.6 Å². The van der Waals surface area contributed by atoms with Gasteiger partial charge in [0.1, 0.15) is 0 Å². The van der Waals surface area contributed by atoms with Crippen LogP contribution < -0.4 is 5.73 Å². The van der Waals surface area contributed by atoms with Crippen LogP contribution in [0.5, 0.6) is 0 Å². The number of aromatic nitrogens is 1. The lowest BCUT2D eigenvalue weighted by Gasteiger charge is -2.01. The molecule has 17 heavy (non-hydrogen) atoms. The maximum atomic E-state index is 6.12. The first kappa shape index (κ1) is 12.6. The summed E-state index contributed by atoms with van der Waals surface area (Å²) in [6.45, 7) is 1.99. The van der Waals surface area contributed by atoms with Crippen molar-refractivity contribution < 1.29 is 0 Å². The summed E-state index contributed by atoms with van der Waals surface area (Å²) in [5.41, 5.74) is 7.95. The number of halogens is 1. The molecule has 0 amide bonds. The Kier molecular flexibility index (Phi) is 4.15. The molecule has 0 saturated carbocycles. The smallest absolute Gasteiger partial charge is 0.0972 e. The first-order chi connectivity index (χ1) is 8.15. The third kappa shape index (κ3) is 3.53. The molecule has 0 aliphatic carbocycles. The summed E-state index contributed by atoms with van der Waals surface area (Å²) < 4.78 is 0. The van der Waals surface area contributed by atoms with Crippen molar-refractivity contribution in [1.82, 2.24) is 4.98 Å². The zero-order valence-electron chi connectivity index (χ0n) is 9.69. The molecule has 2 aromatic rings. The molecule has 1 heterocycles. The standard InChI is InChI=1S/C13H15ClN2S/c1-9(15)6-11-8-17-13(16-11)7-10-4-2-3-5-12(10)14/h2-5,8-9H,6-7,15H2,1H3. The maximum absolute atomic E-state index is 6.12. The molecule has 0 aliphatic rings. The van der Waals surface area contributed by atoms with Crippen molar-refractivity contribution in [1.29, 1.82) is 0 Å². The van der Waals surface area contributed by atoms with Crippen molar-refractivity contribution in [2.24, 2.45) is 5.73 Å². The molecule has 2 nitrogen and oxygen atoms in total. The van der Waals surface area contributed by atoms with Gasteiger partial charge in [-0.1, -0.05) is 29.8 Å². The molecule has 1 aromatic carbocycles. The number of nitrogens with two attached hydrogens (primary N) is 1. The van der Waals surface area contributed by atoms with Crippen molar-refractivity contribution in [2.45, 2.75) is 25.8 Å². The molecule has 4 heteroatoms. The Morgan fingerprint density at radius 3 is 2.88 bits per heavy atom. The second-order valence-electron chi connectivity index (χ2n) is 4.18. The van der Waals surface area contributed by atoms with Gasteiger partial charge in [-0.2, -0.15) is 0 Å². The highest BCUT2D eigenvalue weighted by molar-refractivity contribution is 7.09. The molecular formula is C13H15ClN2S. The quantitative estimate of drug-likeness (QED) is 0.922. The van der Waals surface area contributed by atoms with E-state index in [-0.39, 0.29) is 6.04 Å². The number of hydrogen-bond donors (Lipinski definition) is 1. The summed E-state index contributed by atoms with van der Waals surface area (Å²) in [6, 6.07) is 8.04. The summed E-state index contributed by atoms with van der Waals surface area (Å²) in [4.78, 5) is 4.57. The number of thiazole rings is 1. The Morgan fingerprint density at radius 2 is 2.18 bits per heavy atom. The Hall–Kier alpha value is -0.900. The van der Waals surface area contributed by atoms with E-state index in [1.165, 1.54) is 0 Å². The Bertz CT molecular complexity index is 494. The van der Waals surface area contributed by atoms with Crippen LogP contribution in [0.4, 0.5) is 0 Å². The van der Waals surface area contributed by atoms with E-state index >= 15 is 0 Å². The predicted octanol–water partition coefficient (Wildman–Crippen LogP) is 3.28. The fourth-order valence-corrected chi connectivity index (χ4v) is 2.69. The van der Waals surface area contributed by atoms with E-state index < -0.39 is 0 Å². The van der Waals surface area contributed by atoms with E-state index in [1.54, 1.807) is 11.3 Å². The first-order valence-electron chi connectivity index (χ1n) is 5.57. The maximum Gasteiger partial charge on any atom is 0.0972 e. The van der Waals surface area contributed by atoms with E-state index in [9.17, 15) is 0 Å². The minimum atomic E-state index is 0.158. The van der Waals surface area contributed by atoms with Gasteiger partial charge in [0.05, 0.1) is 10.7 Å². The lowest BCUT2D eigenvalue weighted by Crippen LogP contribution is -2.17. The first-order valence-corrected chi connectivity index (χ1v) is 6.83. The van der Waals surface area contributed by atoms with Crippen LogP contribution in [-0.2, 0) is 12.8 Å². The van der Waals surface area contributed by atoms with E-state index in [2.05, 4.69) is 10.4 Å². The molecule has 0 bridgehead atoms. The SMILES string of the molecule is CC(N)Cc1csc(Cc2ccccc2Cl)n1. The van der Waals surface area contributed by atoms with Crippen LogP contribution in [0.1, 0.15) is 23.2 Å². The highest BCUT2D eigenvalue weighted by atomic mass is 35.5. The van der Waals surface area contributed by atoms with Crippen LogP contribution in [-0.4, -0.2) is 11.0 Å². The zero-order valence-corrected chi connectivity index (χ0v) is 11.3. The lowest BCUT2D eigenvalue weighted by molar-refractivity contribution is 0.724. The Balaban J connectivity index is 2.09. The minimum Gasteiger partial charge on any atom is -0.328 e. The Morgan fingerprint density at radius 1 is 1.41 bits per heavy atom.